The van der Waals surface area contributed by atoms with E-state index in [9.17, 15) is 9.90 Å². The van der Waals surface area contributed by atoms with E-state index in [4.69, 9.17) is 9.47 Å². The van der Waals surface area contributed by atoms with Crippen molar-refractivity contribution < 1.29 is 19.4 Å². The van der Waals surface area contributed by atoms with Crippen LogP contribution in [0, 0.1) is 23.7 Å². The molecule has 3 aromatic rings. The monoisotopic (exact) mass is 732 g/mol. The number of carbonyl (C=O) groups is 1. The first kappa shape index (κ1) is 36.4. The van der Waals surface area contributed by atoms with Crippen LogP contribution in [0.25, 0.3) is 11.1 Å². The van der Waals surface area contributed by atoms with Crippen molar-refractivity contribution in [3.63, 3.8) is 0 Å². The van der Waals surface area contributed by atoms with Crippen LogP contribution in [0.2, 0.25) is 0 Å². The van der Waals surface area contributed by atoms with Gasteiger partial charge in [-0.25, -0.2) is 4.79 Å². The molecule has 4 bridgehead atoms. The van der Waals surface area contributed by atoms with E-state index in [-0.39, 0.29) is 36.3 Å². The number of aliphatic hydroxyl groups excluding tert-OH is 1. The van der Waals surface area contributed by atoms with Gasteiger partial charge in [-0.05, 0) is 142 Å². The summed E-state index contributed by atoms with van der Waals surface area (Å²) in [5.41, 5.74) is 6.33. The highest BCUT2D eigenvalue weighted by Crippen LogP contribution is 2.55. The molecule has 3 N–H and O–H groups in total. The minimum atomic E-state index is -0.508. The largest absolute Gasteiger partial charge is 0.392 e. The fraction of sp³-hybridized carbons (Fsp3) is 0.587. The van der Waals surface area contributed by atoms with Crippen LogP contribution in [0.5, 0.6) is 0 Å². The van der Waals surface area contributed by atoms with Crippen molar-refractivity contribution in [2.45, 2.75) is 114 Å². The second-order valence-corrected chi connectivity index (χ2v) is 18.0. The predicted molar refractivity (Wildman–Crippen MR) is 211 cm³/mol. The Hall–Kier alpha value is -3.27. The predicted octanol–water partition coefficient (Wildman–Crippen LogP) is 7.97. The van der Waals surface area contributed by atoms with Crippen LogP contribution in [0.1, 0.15) is 106 Å². The van der Waals surface area contributed by atoms with Gasteiger partial charge in [-0.1, -0.05) is 67.6 Å². The van der Waals surface area contributed by atoms with Crippen LogP contribution in [0.4, 0.5) is 4.79 Å². The molecule has 2 amide bonds. The Labute approximate surface area is 322 Å². The lowest BCUT2D eigenvalue weighted by Crippen LogP contribution is -2.61. The number of urea groups is 1. The standard InChI is InChI=1S/C46H60N4O4/c1-31-42(29-50-18-6-11-41(50)28-49-16-2-3-17-49)53-44(54-43(31)37-14-12-32(30-51)13-15-37)40-10-5-9-39(23-40)38-8-4-7-33(22-38)27-47-45(52)48-46-24-34-19-35(25-46)21-36(20-34)26-46/h4-5,7-10,12-15,22-23,31,34-36,41-44,51H,2-3,6,11,16-21,24-30H2,1H3,(H2,47,48,52)/t31-,34?,35?,36?,41+,42+,43+,44+,46?/m1/s1. The van der Waals surface area contributed by atoms with Crippen LogP contribution >= 0.6 is 0 Å². The molecule has 4 aliphatic carbocycles. The molecular weight excluding hydrogens is 673 g/mol. The van der Waals surface area contributed by atoms with Gasteiger partial charge in [0.05, 0.1) is 18.8 Å². The number of nitrogens with one attached hydrogen (secondary N) is 2. The molecule has 3 saturated heterocycles. The van der Waals surface area contributed by atoms with Crippen molar-refractivity contribution >= 4 is 6.03 Å². The molecular formula is C46H60N4O4. The van der Waals surface area contributed by atoms with Crippen molar-refractivity contribution in [3.05, 3.63) is 95.1 Å². The maximum Gasteiger partial charge on any atom is 0.315 e. The van der Waals surface area contributed by atoms with E-state index in [1.54, 1.807) is 0 Å². The van der Waals surface area contributed by atoms with Gasteiger partial charge in [0.15, 0.2) is 6.29 Å². The first-order valence-corrected chi connectivity index (χ1v) is 21.1. The average Bonchev–Trinajstić information content (AvgIpc) is 3.87. The summed E-state index contributed by atoms with van der Waals surface area (Å²) in [5, 5.41) is 16.4. The maximum absolute atomic E-state index is 13.2. The number of nitrogens with zero attached hydrogens (tertiary/aromatic N) is 2. The zero-order chi connectivity index (χ0) is 36.6. The van der Waals surface area contributed by atoms with Crippen molar-refractivity contribution in [2.75, 3.05) is 32.7 Å². The SMILES string of the molecule is C[C@@H]1[C@H](CN2CCC[C@H]2CN2CCCC2)O[C@H](c2cccc(-c3cccc(CNC(=O)NC45CC6CC(CC(C6)C4)C5)c3)c2)O[C@@H]1c1ccc(CO)cc1. The fourth-order valence-corrected chi connectivity index (χ4v) is 11.6. The molecule has 7 fully saturated rings. The Morgan fingerprint density at radius 1 is 0.796 bits per heavy atom. The maximum atomic E-state index is 13.2. The Morgan fingerprint density at radius 2 is 1.50 bits per heavy atom. The number of hydrogen-bond acceptors (Lipinski definition) is 6. The highest BCUT2D eigenvalue weighted by Gasteiger charge is 2.51. The highest BCUT2D eigenvalue weighted by atomic mass is 16.7. The summed E-state index contributed by atoms with van der Waals surface area (Å²) in [6, 6.07) is 25.9. The van der Waals surface area contributed by atoms with Gasteiger partial charge in [0.2, 0.25) is 0 Å². The Bertz CT molecular complexity index is 1720. The quantitative estimate of drug-likeness (QED) is 0.186. The van der Waals surface area contributed by atoms with Crippen LogP contribution in [0.3, 0.4) is 0 Å². The Morgan fingerprint density at radius 3 is 2.22 bits per heavy atom. The minimum Gasteiger partial charge on any atom is -0.392 e. The molecule has 288 valence electrons. The molecule has 8 nitrogen and oxygen atoms in total. The first-order valence-electron chi connectivity index (χ1n) is 21.1. The van der Waals surface area contributed by atoms with Crippen molar-refractivity contribution in [3.8, 4) is 11.1 Å². The number of benzene rings is 3. The summed E-state index contributed by atoms with van der Waals surface area (Å²) in [7, 11) is 0. The van der Waals surface area contributed by atoms with E-state index in [2.05, 4.69) is 88.0 Å². The van der Waals surface area contributed by atoms with Gasteiger partial charge in [-0.3, -0.25) is 4.90 Å². The number of hydrogen-bond donors (Lipinski definition) is 3. The second-order valence-electron chi connectivity index (χ2n) is 18.0. The molecule has 10 rings (SSSR count). The summed E-state index contributed by atoms with van der Waals surface area (Å²) < 4.78 is 13.9. The number of ether oxygens (including phenoxy) is 2. The minimum absolute atomic E-state index is 0.00680. The van der Waals surface area contributed by atoms with Gasteiger partial charge in [0.25, 0.3) is 0 Å². The van der Waals surface area contributed by atoms with Gasteiger partial charge in [0, 0.05) is 42.7 Å². The molecule has 0 radical (unpaired) electrons. The third-order valence-electron chi connectivity index (χ3n) is 14.0. The van der Waals surface area contributed by atoms with Gasteiger partial charge < -0.3 is 30.1 Å². The smallest absolute Gasteiger partial charge is 0.315 e. The third kappa shape index (κ3) is 7.88. The molecule has 5 atom stereocenters. The Kier molecular flexibility index (Phi) is 10.6. The van der Waals surface area contributed by atoms with Crippen LogP contribution in [0.15, 0.2) is 72.8 Å². The number of carbonyl (C=O) groups excluding carboxylic acids is 1. The molecule has 7 aliphatic rings. The molecule has 3 heterocycles. The summed E-state index contributed by atoms with van der Waals surface area (Å²) >= 11 is 0. The lowest BCUT2D eigenvalue weighted by atomic mass is 9.53. The van der Waals surface area contributed by atoms with Crippen LogP contribution < -0.4 is 10.6 Å². The zero-order valence-electron chi connectivity index (χ0n) is 32.1. The van der Waals surface area contributed by atoms with E-state index in [0.29, 0.717) is 12.6 Å². The number of likely N-dealkylation sites (tertiary alicyclic amines) is 2. The lowest BCUT2D eigenvalue weighted by molar-refractivity contribution is -0.276. The van der Waals surface area contributed by atoms with Gasteiger partial charge >= 0.3 is 6.03 Å². The zero-order valence-corrected chi connectivity index (χ0v) is 32.1. The van der Waals surface area contributed by atoms with E-state index in [1.165, 1.54) is 58.0 Å². The molecule has 0 unspecified atom stereocenters. The second kappa shape index (κ2) is 15.7. The Balaban J connectivity index is 0.898. The summed E-state index contributed by atoms with van der Waals surface area (Å²) in [6.07, 6.45) is 12.1. The van der Waals surface area contributed by atoms with Gasteiger partial charge in [-0.2, -0.15) is 0 Å². The van der Waals surface area contributed by atoms with Gasteiger partial charge in [0.1, 0.15) is 0 Å². The van der Waals surface area contributed by atoms with Crippen LogP contribution in [-0.4, -0.2) is 71.3 Å². The molecule has 0 spiro atoms. The summed E-state index contributed by atoms with van der Waals surface area (Å²) in [5.74, 6) is 2.55. The average molecular weight is 733 g/mol. The topological polar surface area (TPSA) is 86.3 Å². The molecule has 3 aromatic carbocycles. The third-order valence-corrected chi connectivity index (χ3v) is 14.0. The molecule has 8 heteroatoms. The van der Waals surface area contributed by atoms with Gasteiger partial charge in [-0.15, -0.1) is 0 Å². The van der Waals surface area contributed by atoms with Crippen LogP contribution in [-0.2, 0) is 22.6 Å². The summed E-state index contributed by atoms with van der Waals surface area (Å²) in [6.45, 7) is 8.44. The van der Waals surface area contributed by atoms with E-state index >= 15 is 0 Å². The summed E-state index contributed by atoms with van der Waals surface area (Å²) in [4.78, 5) is 18.6. The van der Waals surface area contributed by atoms with Crippen molar-refractivity contribution in [2.24, 2.45) is 23.7 Å². The van der Waals surface area contributed by atoms with Crippen molar-refractivity contribution in [1.82, 2.24) is 20.4 Å². The number of rotatable bonds is 11. The van der Waals surface area contributed by atoms with Crippen molar-refractivity contribution in [1.29, 1.82) is 0 Å². The normalized spacial score (nSPS) is 33.7. The molecule has 3 aliphatic heterocycles. The van der Waals surface area contributed by atoms with E-state index in [1.807, 2.05) is 12.1 Å². The number of aliphatic hydroxyl groups is 1. The van der Waals surface area contributed by atoms with E-state index in [0.717, 1.165) is 90.0 Å². The lowest BCUT2D eigenvalue weighted by Gasteiger charge is -2.56. The fourth-order valence-electron chi connectivity index (χ4n) is 11.6. The number of amides is 2. The molecule has 4 saturated carbocycles. The first-order chi connectivity index (χ1) is 26.4. The molecule has 0 aromatic heterocycles. The van der Waals surface area contributed by atoms with E-state index < -0.39 is 6.29 Å². The highest BCUT2D eigenvalue weighted by molar-refractivity contribution is 5.75. The molecule has 54 heavy (non-hydrogen) atoms.